The van der Waals surface area contributed by atoms with Crippen LogP contribution in [-0.4, -0.2) is 39.0 Å². The number of carboxylic acids is 1. The van der Waals surface area contributed by atoms with Crippen molar-refractivity contribution in [1.82, 2.24) is 0 Å². The highest BCUT2D eigenvalue weighted by Crippen LogP contribution is 2.27. The Labute approximate surface area is 116 Å². The zero-order chi connectivity index (χ0) is 14.5. The van der Waals surface area contributed by atoms with Crippen molar-refractivity contribution < 1.29 is 23.1 Å². The van der Waals surface area contributed by atoms with Crippen molar-refractivity contribution in [1.29, 1.82) is 0 Å². The van der Waals surface area contributed by atoms with Gasteiger partial charge in [-0.2, -0.15) is 0 Å². The molecule has 0 aliphatic heterocycles. The van der Waals surface area contributed by atoms with Crippen molar-refractivity contribution in [3.63, 3.8) is 0 Å². The SMILES string of the molecule is COCCCS(=O)(=O)Nc1c(Cl)cccc1C(=O)O. The molecule has 0 saturated heterocycles. The van der Waals surface area contributed by atoms with Gasteiger partial charge in [0.2, 0.25) is 10.0 Å². The van der Waals surface area contributed by atoms with E-state index in [0.29, 0.717) is 13.0 Å². The largest absolute Gasteiger partial charge is 0.478 e. The zero-order valence-electron chi connectivity index (χ0n) is 10.2. The Morgan fingerprint density at radius 1 is 1.47 bits per heavy atom. The molecule has 0 radical (unpaired) electrons. The number of para-hydroxylation sites is 1. The molecule has 0 aliphatic rings. The maximum atomic E-state index is 11.8. The van der Waals surface area contributed by atoms with Gasteiger partial charge in [0, 0.05) is 13.7 Å². The van der Waals surface area contributed by atoms with Crippen LogP contribution in [0.3, 0.4) is 0 Å². The number of ether oxygens (including phenoxy) is 1. The van der Waals surface area contributed by atoms with Crippen molar-refractivity contribution in [2.24, 2.45) is 0 Å². The molecule has 0 saturated carbocycles. The van der Waals surface area contributed by atoms with E-state index in [-0.39, 0.29) is 22.0 Å². The van der Waals surface area contributed by atoms with Crippen LogP contribution in [0.25, 0.3) is 0 Å². The van der Waals surface area contributed by atoms with E-state index in [4.69, 9.17) is 21.4 Å². The van der Waals surface area contributed by atoms with Gasteiger partial charge in [-0.1, -0.05) is 17.7 Å². The summed E-state index contributed by atoms with van der Waals surface area (Å²) in [5, 5.41) is 9.02. The molecular weight excluding hydrogens is 294 g/mol. The van der Waals surface area contributed by atoms with E-state index in [9.17, 15) is 13.2 Å². The second-order valence-corrected chi connectivity index (χ2v) is 5.98. The van der Waals surface area contributed by atoms with E-state index < -0.39 is 16.0 Å². The van der Waals surface area contributed by atoms with E-state index in [0.717, 1.165) is 0 Å². The molecule has 0 amide bonds. The standard InChI is InChI=1S/C11H14ClNO5S/c1-18-6-3-7-19(16,17)13-10-8(11(14)15)4-2-5-9(10)12/h2,4-5,13H,3,6-7H2,1H3,(H,14,15). The summed E-state index contributed by atoms with van der Waals surface area (Å²) in [7, 11) is -2.19. The molecule has 1 rings (SSSR count). The number of aromatic carboxylic acids is 1. The van der Waals surface area contributed by atoms with Crippen LogP contribution in [0, 0.1) is 0 Å². The summed E-state index contributed by atoms with van der Waals surface area (Å²) in [6.45, 7) is 0.301. The molecule has 8 heteroatoms. The summed E-state index contributed by atoms with van der Waals surface area (Å²) in [6.07, 6.45) is 0.304. The van der Waals surface area contributed by atoms with E-state index in [2.05, 4.69) is 4.72 Å². The fraction of sp³-hybridized carbons (Fsp3) is 0.364. The summed E-state index contributed by atoms with van der Waals surface area (Å²) in [5.41, 5.74) is -0.308. The number of carbonyl (C=O) groups is 1. The lowest BCUT2D eigenvalue weighted by atomic mass is 10.2. The number of halogens is 1. The molecule has 0 heterocycles. The van der Waals surface area contributed by atoms with Crippen LogP contribution in [0.15, 0.2) is 18.2 Å². The lowest BCUT2D eigenvalue weighted by molar-refractivity contribution is 0.0698. The molecule has 0 atom stereocenters. The normalized spacial score (nSPS) is 11.3. The number of carboxylic acid groups (broad SMARTS) is 1. The maximum Gasteiger partial charge on any atom is 0.337 e. The third kappa shape index (κ3) is 4.70. The van der Waals surface area contributed by atoms with Gasteiger partial charge < -0.3 is 9.84 Å². The molecule has 0 aromatic heterocycles. The molecule has 6 nitrogen and oxygen atoms in total. The molecule has 0 unspecified atom stereocenters. The Hall–Kier alpha value is -1.31. The average molecular weight is 308 g/mol. The minimum absolute atomic E-state index is 0.0372. The van der Waals surface area contributed by atoms with Crippen LogP contribution >= 0.6 is 11.6 Å². The number of hydrogen-bond acceptors (Lipinski definition) is 4. The minimum atomic E-state index is -3.66. The smallest absolute Gasteiger partial charge is 0.337 e. The van der Waals surface area contributed by atoms with Crippen LogP contribution in [0.5, 0.6) is 0 Å². The van der Waals surface area contributed by atoms with Crippen molar-refractivity contribution in [2.75, 3.05) is 24.2 Å². The van der Waals surface area contributed by atoms with Crippen molar-refractivity contribution in [2.45, 2.75) is 6.42 Å². The van der Waals surface area contributed by atoms with E-state index >= 15 is 0 Å². The Kier molecular flexibility index (Phi) is 5.59. The van der Waals surface area contributed by atoms with Crippen LogP contribution < -0.4 is 4.72 Å². The van der Waals surface area contributed by atoms with Crippen LogP contribution in [-0.2, 0) is 14.8 Å². The summed E-state index contributed by atoms with van der Waals surface area (Å²) in [4.78, 5) is 11.0. The number of methoxy groups -OCH3 is 1. The van der Waals surface area contributed by atoms with Gasteiger partial charge in [0.25, 0.3) is 0 Å². The van der Waals surface area contributed by atoms with Crippen LogP contribution in [0.1, 0.15) is 16.8 Å². The number of nitrogens with one attached hydrogen (secondary N) is 1. The minimum Gasteiger partial charge on any atom is -0.478 e. The number of rotatable bonds is 7. The first kappa shape index (κ1) is 15.7. The highest BCUT2D eigenvalue weighted by atomic mass is 35.5. The van der Waals surface area contributed by atoms with Crippen LogP contribution in [0.2, 0.25) is 5.02 Å². The van der Waals surface area contributed by atoms with Gasteiger partial charge in [0.1, 0.15) is 0 Å². The lowest BCUT2D eigenvalue weighted by Gasteiger charge is -2.11. The fourth-order valence-corrected chi connectivity index (χ4v) is 2.81. The highest BCUT2D eigenvalue weighted by molar-refractivity contribution is 7.92. The molecule has 1 aromatic rings. The number of anilines is 1. The topological polar surface area (TPSA) is 92.7 Å². The zero-order valence-corrected chi connectivity index (χ0v) is 11.8. The lowest BCUT2D eigenvalue weighted by Crippen LogP contribution is -2.19. The Bertz CT molecular complexity index is 558. The monoisotopic (exact) mass is 307 g/mol. The molecular formula is C11H14ClNO5S. The quantitative estimate of drug-likeness (QED) is 0.749. The second-order valence-electron chi connectivity index (χ2n) is 3.73. The van der Waals surface area contributed by atoms with Crippen molar-refractivity contribution >= 4 is 33.3 Å². The molecule has 0 bridgehead atoms. The number of hydrogen-bond donors (Lipinski definition) is 2. The van der Waals surface area contributed by atoms with Gasteiger partial charge in [-0.15, -0.1) is 0 Å². The fourth-order valence-electron chi connectivity index (χ4n) is 1.41. The first-order valence-corrected chi connectivity index (χ1v) is 7.41. The Morgan fingerprint density at radius 3 is 2.74 bits per heavy atom. The molecule has 19 heavy (non-hydrogen) atoms. The van der Waals surface area contributed by atoms with Crippen molar-refractivity contribution in [3.8, 4) is 0 Å². The predicted octanol–water partition coefficient (Wildman–Crippen LogP) is 1.82. The maximum absolute atomic E-state index is 11.8. The second kappa shape index (κ2) is 6.74. The van der Waals surface area contributed by atoms with Gasteiger partial charge in [-0.25, -0.2) is 13.2 Å². The molecule has 0 fully saturated rings. The summed E-state index contributed by atoms with van der Waals surface area (Å²) < 4.78 is 30.5. The van der Waals surface area contributed by atoms with E-state index in [1.807, 2.05) is 0 Å². The van der Waals surface area contributed by atoms with Crippen molar-refractivity contribution in [3.05, 3.63) is 28.8 Å². The first-order chi connectivity index (χ1) is 8.87. The summed E-state index contributed by atoms with van der Waals surface area (Å²) in [5.74, 6) is -1.43. The Balaban J connectivity index is 2.95. The molecule has 0 aliphatic carbocycles. The first-order valence-electron chi connectivity index (χ1n) is 5.38. The van der Waals surface area contributed by atoms with Crippen LogP contribution in [0.4, 0.5) is 5.69 Å². The third-order valence-corrected chi connectivity index (χ3v) is 3.92. The van der Waals surface area contributed by atoms with E-state index in [1.165, 1.54) is 25.3 Å². The molecule has 2 N–H and O–H groups in total. The van der Waals surface area contributed by atoms with Gasteiger partial charge in [0.15, 0.2) is 0 Å². The highest BCUT2D eigenvalue weighted by Gasteiger charge is 2.18. The summed E-state index contributed by atoms with van der Waals surface area (Å²) in [6, 6.07) is 4.14. The number of sulfonamides is 1. The van der Waals surface area contributed by atoms with Gasteiger partial charge >= 0.3 is 5.97 Å². The molecule has 0 spiro atoms. The molecule has 1 aromatic carbocycles. The third-order valence-electron chi connectivity index (χ3n) is 2.26. The molecule has 106 valence electrons. The van der Waals surface area contributed by atoms with Gasteiger partial charge in [-0.05, 0) is 18.6 Å². The Morgan fingerprint density at radius 2 is 2.16 bits per heavy atom. The predicted molar refractivity (Wildman–Crippen MR) is 72.3 cm³/mol. The summed E-state index contributed by atoms with van der Waals surface area (Å²) >= 11 is 5.83. The van der Waals surface area contributed by atoms with Gasteiger partial charge in [-0.3, -0.25) is 4.72 Å². The van der Waals surface area contributed by atoms with E-state index in [1.54, 1.807) is 0 Å². The average Bonchev–Trinajstić information content (AvgIpc) is 2.31. The number of benzene rings is 1. The van der Waals surface area contributed by atoms with Gasteiger partial charge in [0.05, 0.1) is 22.0 Å².